The van der Waals surface area contributed by atoms with Crippen LogP contribution in [-0.4, -0.2) is 22.2 Å². The molecule has 1 heterocycles. The lowest BCUT2D eigenvalue weighted by atomic mass is 10.1. The molecule has 1 aromatic heterocycles. The minimum atomic E-state index is -0.149. The molecule has 1 rings (SSSR count). The fraction of sp³-hybridized carbons (Fsp3) is 0.750. The van der Waals surface area contributed by atoms with Crippen LogP contribution in [-0.2, 0) is 12.0 Å². The number of rotatable bonds is 3. The van der Waals surface area contributed by atoms with Crippen LogP contribution in [0.4, 0.5) is 0 Å². The average Bonchev–Trinajstić information content (AvgIpc) is 2.52. The van der Waals surface area contributed by atoms with Gasteiger partial charge in [0.1, 0.15) is 5.82 Å². The molecule has 0 amide bonds. The Hall–Kier alpha value is -0.900. The predicted octanol–water partition coefficient (Wildman–Crippen LogP) is 0.822. The molecule has 0 atom stereocenters. The first-order chi connectivity index (χ1) is 5.60. The summed E-state index contributed by atoms with van der Waals surface area (Å²) < 4.78 is 0. The molecule has 0 fully saturated rings. The average molecular weight is 168 g/mol. The van der Waals surface area contributed by atoms with E-state index in [2.05, 4.69) is 41.3 Å². The van der Waals surface area contributed by atoms with Gasteiger partial charge in [-0.25, -0.2) is 4.98 Å². The molecule has 4 nitrogen and oxygen atoms in total. The van der Waals surface area contributed by atoms with E-state index in [-0.39, 0.29) is 5.54 Å². The lowest BCUT2D eigenvalue weighted by Crippen LogP contribution is -2.34. The molecule has 68 valence electrons. The standard InChI is InChI=1S/C8H16N4/c1-5-6-10-7(12-11-6)8(2,3)9-4/h9H,5H2,1-4H3,(H,10,11,12). The van der Waals surface area contributed by atoms with E-state index in [0.717, 1.165) is 18.1 Å². The van der Waals surface area contributed by atoms with Crippen LogP contribution in [0.2, 0.25) is 0 Å². The highest BCUT2D eigenvalue weighted by Crippen LogP contribution is 2.13. The molecule has 0 bridgehead atoms. The Morgan fingerprint density at radius 1 is 1.50 bits per heavy atom. The Balaban J connectivity index is 2.88. The van der Waals surface area contributed by atoms with Crippen molar-refractivity contribution >= 4 is 0 Å². The van der Waals surface area contributed by atoms with Crippen LogP contribution in [0.25, 0.3) is 0 Å². The summed E-state index contributed by atoms with van der Waals surface area (Å²) in [5, 5.41) is 10.2. The van der Waals surface area contributed by atoms with Gasteiger partial charge in [-0.3, -0.25) is 5.10 Å². The topological polar surface area (TPSA) is 53.6 Å². The van der Waals surface area contributed by atoms with Crippen LogP contribution in [0.15, 0.2) is 0 Å². The zero-order chi connectivity index (χ0) is 9.19. The number of H-pyrrole nitrogens is 1. The van der Waals surface area contributed by atoms with Crippen LogP contribution in [0.1, 0.15) is 32.4 Å². The first-order valence-corrected chi connectivity index (χ1v) is 4.21. The number of hydrogen-bond donors (Lipinski definition) is 2. The van der Waals surface area contributed by atoms with Crippen molar-refractivity contribution in [1.29, 1.82) is 0 Å². The van der Waals surface area contributed by atoms with Crippen molar-refractivity contribution in [2.24, 2.45) is 0 Å². The van der Waals surface area contributed by atoms with Crippen molar-refractivity contribution in [3.63, 3.8) is 0 Å². The Labute approximate surface area is 72.8 Å². The van der Waals surface area contributed by atoms with E-state index in [1.807, 2.05) is 7.05 Å². The van der Waals surface area contributed by atoms with Gasteiger partial charge >= 0.3 is 0 Å². The highest BCUT2D eigenvalue weighted by Gasteiger charge is 2.22. The van der Waals surface area contributed by atoms with Crippen molar-refractivity contribution in [2.75, 3.05) is 7.05 Å². The lowest BCUT2D eigenvalue weighted by Gasteiger charge is -2.19. The number of hydrogen-bond acceptors (Lipinski definition) is 3. The monoisotopic (exact) mass is 168 g/mol. The fourth-order valence-corrected chi connectivity index (χ4v) is 0.845. The summed E-state index contributed by atoms with van der Waals surface area (Å²) in [6.07, 6.45) is 0.896. The Kier molecular flexibility index (Phi) is 2.47. The van der Waals surface area contributed by atoms with Gasteiger partial charge < -0.3 is 5.32 Å². The van der Waals surface area contributed by atoms with E-state index in [1.54, 1.807) is 0 Å². The van der Waals surface area contributed by atoms with Gasteiger partial charge in [0.2, 0.25) is 0 Å². The summed E-state index contributed by atoms with van der Waals surface area (Å²) >= 11 is 0. The third kappa shape index (κ3) is 1.64. The summed E-state index contributed by atoms with van der Waals surface area (Å²) in [7, 11) is 1.90. The van der Waals surface area contributed by atoms with Gasteiger partial charge in [-0.05, 0) is 20.9 Å². The second-order valence-corrected chi connectivity index (χ2v) is 3.33. The summed E-state index contributed by atoms with van der Waals surface area (Å²) in [6.45, 7) is 6.15. The first kappa shape index (κ1) is 9.19. The van der Waals surface area contributed by atoms with Gasteiger partial charge in [0.25, 0.3) is 0 Å². The van der Waals surface area contributed by atoms with E-state index in [4.69, 9.17) is 0 Å². The van der Waals surface area contributed by atoms with Crippen LogP contribution in [0, 0.1) is 0 Å². The second kappa shape index (κ2) is 3.23. The molecular formula is C8H16N4. The SMILES string of the molecule is CCc1nc(C(C)(C)NC)n[nH]1. The van der Waals surface area contributed by atoms with Crippen molar-refractivity contribution in [3.8, 4) is 0 Å². The van der Waals surface area contributed by atoms with Gasteiger partial charge in [0.15, 0.2) is 5.82 Å². The molecular weight excluding hydrogens is 152 g/mol. The van der Waals surface area contributed by atoms with Gasteiger partial charge in [-0.1, -0.05) is 6.92 Å². The first-order valence-electron chi connectivity index (χ1n) is 4.21. The fourth-order valence-electron chi connectivity index (χ4n) is 0.845. The Morgan fingerprint density at radius 3 is 2.58 bits per heavy atom. The van der Waals surface area contributed by atoms with Gasteiger partial charge in [0, 0.05) is 6.42 Å². The highest BCUT2D eigenvalue weighted by atomic mass is 15.2. The Bertz CT molecular complexity index is 251. The highest BCUT2D eigenvalue weighted by molar-refractivity contribution is 5.02. The molecule has 4 heteroatoms. The van der Waals surface area contributed by atoms with Crippen LogP contribution >= 0.6 is 0 Å². The molecule has 0 saturated heterocycles. The van der Waals surface area contributed by atoms with Crippen molar-refractivity contribution in [2.45, 2.75) is 32.7 Å². The summed E-state index contributed by atoms with van der Waals surface area (Å²) in [6, 6.07) is 0. The van der Waals surface area contributed by atoms with Gasteiger partial charge in [-0.15, -0.1) is 0 Å². The summed E-state index contributed by atoms with van der Waals surface area (Å²) in [5.74, 6) is 1.76. The maximum Gasteiger partial charge on any atom is 0.170 e. The third-order valence-electron chi connectivity index (χ3n) is 2.05. The van der Waals surface area contributed by atoms with Crippen molar-refractivity contribution < 1.29 is 0 Å². The van der Waals surface area contributed by atoms with Crippen LogP contribution in [0.5, 0.6) is 0 Å². The van der Waals surface area contributed by atoms with E-state index in [0.29, 0.717) is 0 Å². The Morgan fingerprint density at radius 2 is 2.17 bits per heavy atom. The molecule has 1 aromatic rings. The molecule has 0 aliphatic heterocycles. The number of aryl methyl sites for hydroxylation is 1. The predicted molar refractivity (Wildman–Crippen MR) is 47.8 cm³/mol. The number of nitrogens with one attached hydrogen (secondary N) is 2. The zero-order valence-electron chi connectivity index (χ0n) is 8.10. The maximum atomic E-state index is 4.34. The molecule has 12 heavy (non-hydrogen) atoms. The summed E-state index contributed by atoms with van der Waals surface area (Å²) in [5.41, 5.74) is -0.149. The third-order valence-corrected chi connectivity index (χ3v) is 2.05. The van der Waals surface area contributed by atoms with Crippen molar-refractivity contribution in [1.82, 2.24) is 20.5 Å². The van der Waals surface area contributed by atoms with E-state index < -0.39 is 0 Å². The molecule has 0 radical (unpaired) electrons. The minimum absolute atomic E-state index is 0.149. The lowest BCUT2D eigenvalue weighted by molar-refractivity contribution is 0.418. The van der Waals surface area contributed by atoms with Crippen LogP contribution < -0.4 is 5.32 Å². The molecule has 0 saturated carbocycles. The zero-order valence-corrected chi connectivity index (χ0v) is 8.10. The normalized spacial score (nSPS) is 12.0. The molecule has 0 aliphatic carbocycles. The number of aromatic amines is 1. The van der Waals surface area contributed by atoms with Crippen molar-refractivity contribution in [3.05, 3.63) is 11.6 Å². The van der Waals surface area contributed by atoms with E-state index >= 15 is 0 Å². The quantitative estimate of drug-likeness (QED) is 0.702. The van der Waals surface area contributed by atoms with Gasteiger partial charge in [0.05, 0.1) is 5.54 Å². The van der Waals surface area contributed by atoms with Crippen LogP contribution in [0.3, 0.4) is 0 Å². The largest absolute Gasteiger partial charge is 0.308 e. The summed E-state index contributed by atoms with van der Waals surface area (Å²) in [4.78, 5) is 4.34. The molecule has 0 spiro atoms. The van der Waals surface area contributed by atoms with E-state index in [1.165, 1.54) is 0 Å². The smallest absolute Gasteiger partial charge is 0.170 e. The number of aromatic nitrogens is 3. The number of nitrogens with zero attached hydrogens (tertiary/aromatic N) is 2. The molecule has 0 aromatic carbocycles. The maximum absolute atomic E-state index is 4.34. The van der Waals surface area contributed by atoms with E-state index in [9.17, 15) is 0 Å². The minimum Gasteiger partial charge on any atom is -0.308 e. The van der Waals surface area contributed by atoms with Gasteiger partial charge in [-0.2, -0.15) is 5.10 Å². The molecule has 0 unspecified atom stereocenters. The molecule has 2 N–H and O–H groups in total. The molecule has 0 aliphatic rings. The second-order valence-electron chi connectivity index (χ2n) is 3.33.